The second kappa shape index (κ2) is 4.55. The van der Waals surface area contributed by atoms with Gasteiger partial charge in [-0.1, -0.05) is 0 Å². The number of aromatic nitrogens is 3. The van der Waals surface area contributed by atoms with E-state index in [1.807, 2.05) is 42.8 Å². The smallest absolute Gasteiger partial charge is 0.125 e. The molecule has 0 radical (unpaired) electrons. The van der Waals surface area contributed by atoms with E-state index in [1.165, 1.54) is 4.88 Å². The van der Waals surface area contributed by atoms with Crippen molar-refractivity contribution in [1.29, 1.82) is 0 Å². The number of aryl methyl sites for hydroxylation is 1. The molecule has 0 aliphatic carbocycles. The molecule has 0 saturated heterocycles. The molecule has 0 aliphatic rings. The van der Waals surface area contributed by atoms with Gasteiger partial charge in [0.1, 0.15) is 5.82 Å². The lowest BCUT2D eigenvalue weighted by Crippen LogP contribution is -2.21. The highest BCUT2D eigenvalue weighted by atomic mass is 32.1. The Morgan fingerprint density at radius 3 is 3.00 bits per heavy atom. The minimum Gasteiger partial charge on any atom is -0.337 e. The number of thiazole rings is 1. The zero-order valence-corrected chi connectivity index (χ0v) is 9.66. The summed E-state index contributed by atoms with van der Waals surface area (Å²) < 4.78 is 2.04. The predicted octanol–water partition coefficient (Wildman–Crippen LogP) is 1.38. The first-order valence-electron chi connectivity index (χ1n) is 4.83. The van der Waals surface area contributed by atoms with Crippen molar-refractivity contribution in [1.82, 2.24) is 19.9 Å². The van der Waals surface area contributed by atoms with Crippen LogP contribution in [0.25, 0.3) is 0 Å². The lowest BCUT2D eigenvalue weighted by molar-refractivity contribution is 0.541. The van der Waals surface area contributed by atoms with Crippen molar-refractivity contribution < 1.29 is 0 Å². The van der Waals surface area contributed by atoms with E-state index in [0.29, 0.717) is 0 Å². The Bertz CT molecular complexity index is 407. The maximum Gasteiger partial charge on any atom is 0.125 e. The molecule has 2 aromatic rings. The van der Waals surface area contributed by atoms with E-state index < -0.39 is 0 Å². The Labute approximate surface area is 93.0 Å². The van der Waals surface area contributed by atoms with Gasteiger partial charge in [-0.25, -0.2) is 4.98 Å². The van der Waals surface area contributed by atoms with Crippen molar-refractivity contribution >= 4 is 11.3 Å². The van der Waals surface area contributed by atoms with Gasteiger partial charge < -0.3 is 9.88 Å². The number of nitrogens with zero attached hydrogens (tertiary/aromatic N) is 3. The lowest BCUT2D eigenvalue weighted by atomic mass is 10.2. The fourth-order valence-electron chi connectivity index (χ4n) is 1.58. The average Bonchev–Trinajstić information content (AvgIpc) is 2.85. The monoisotopic (exact) mass is 222 g/mol. The van der Waals surface area contributed by atoms with Gasteiger partial charge in [-0.2, -0.15) is 0 Å². The van der Waals surface area contributed by atoms with Gasteiger partial charge in [-0.05, 0) is 7.05 Å². The van der Waals surface area contributed by atoms with Crippen molar-refractivity contribution in [3.05, 3.63) is 34.8 Å². The third kappa shape index (κ3) is 2.24. The predicted molar refractivity (Wildman–Crippen MR) is 60.8 cm³/mol. The summed E-state index contributed by atoms with van der Waals surface area (Å²) in [6.45, 7) is 0. The molecule has 0 aromatic carbocycles. The normalized spacial score (nSPS) is 12.9. The first-order valence-corrected chi connectivity index (χ1v) is 5.71. The van der Waals surface area contributed by atoms with Crippen LogP contribution in [0, 0.1) is 0 Å². The molecular formula is C10H14N4S. The zero-order chi connectivity index (χ0) is 10.7. The SMILES string of the molecule is CNC(Cc1cncs1)c1nccn1C. The largest absolute Gasteiger partial charge is 0.337 e. The summed E-state index contributed by atoms with van der Waals surface area (Å²) in [5, 5.41) is 3.28. The molecule has 0 bridgehead atoms. The number of hydrogen-bond acceptors (Lipinski definition) is 4. The Morgan fingerprint density at radius 1 is 1.60 bits per heavy atom. The fraction of sp³-hybridized carbons (Fsp3) is 0.400. The van der Waals surface area contributed by atoms with Gasteiger partial charge in [-0.15, -0.1) is 11.3 Å². The molecule has 0 aliphatic heterocycles. The van der Waals surface area contributed by atoms with Crippen LogP contribution in [0.5, 0.6) is 0 Å². The molecule has 0 amide bonds. The van der Waals surface area contributed by atoms with Crippen LogP contribution >= 0.6 is 11.3 Å². The first kappa shape index (κ1) is 10.3. The lowest BCUT2D eigenvalue weighted by Gasteiger charge is -2.14. The Hall–Kier alpha value is -1.20. The van der Waals surface area contributed by atoms with Crippen molar-refractivity contribution in [3.63, 3.8) is 0 Å². The van der Waals surface area contributed by atoms with Crippen LogP contribution in [0.15, 0.2) is 24.1 Å². The first-order chi connectivity index (χ1) is 7.31. The molecule has 1 N–H and O–H groups in total. The number of likely N-dealkylation sites (N-methyl/N-ethyl adjacent to an activating group) is 1. The van der Waals surface area contributed by atoms with E-state index in [0.717, 1.165) is 12.2 Å². The Kier molecular flexibility index (Phi) is 3.13. The van der Waals surface area contributed by atoms with Crippen LogP contribution in [-0.2, 0) is 13.5 Å². The standard InChI is InChI=1S/C10H14N4S/c1-11-9(5-8-6-12-7-15-8)10-13-3-4-14(10)2/h3-4,6-7,9,11H,5H2,1-2H3. The Morgan fingerprint density at radius 2 is 2.47 bits per heavy atom. The van der Waals surface area contributed by atoms with Crippen molar-refractivity contribution in [2.45, 2.75) is 12.5 Å². The summed E-state index contributed by atoms with van der Waals surface area (Å²) in [7, 11) is 3.97. The van der Waals surface area contributed by atoms with Crippen LogP contribution in [0.4, 0.5) is 0 Å². The molecule has 0 spiro atoms. The third-order valence-electron chi connectivity index (χ3n) is 2.41. The highest BCUT2D eigenvalue weighted by Crippen LogP contribution is 2.18. The molecule has 0 fully saturated rings. The molecule has 1 atom stereocenters. The van der Waals surface area contributed by atoms with Gasteiger partial charge in [0.05, 0.1) is 11.6 Å². The van der Waals surface area contributed by atoms with Gasteiger partial charge in [0.15, 0.2) is 0 Å². The van der Waals surface area contributed by atoms with Crippen LogP contribution < -0.4 is 5.32 Å². The molecule has 4 nitrogen and oxygen atoms in total. The third-order valence-corrected chi connectivity index (χ3v) is 3.21. The molecule has 80 valence electrons. The van der Waals surface area contributed by atoms with E-state index in [4.69, 9.17) is 0 Å². The summed E-state index contributed by atoms with van der Waals surface area (Å²) in [5.74, 6) is 1.06. The Balaban J connectivity index is 2.15. The summed E-state index contributed by atoms with van der Waals surface area (Å²) in [6.07, 6.45) is 6.64. The molecule has 2 aromatic heterocycles. The number of nitrogens with one attached hydrogen (secondary N) is 1. The minimum atomic E-state index is 0.255. The van der Waals surface area contributed by atoms with Crippen LogP contribution in [0.1, 0.15) is 16.7 Å². The number of imidazole rings is 1. The summed E-state index contributed by atoms with van der Waals surface area (Å²) in [6, 6.07) is 0.255. The van der Waals surface area contributed by atoms with Gasteiger partial charge in [0.25, 0.3) is 0 Å². The maximum atomic E-state index is 4.35. The summed E-state index contributed by atoms with van der Waals surface area (Å²) in [5.41, 5.74) is 1.86. The summed E-state index contributed by atoms with van der Waals surface area (Å²) >= 11 is 1.68. The van der Waals surface area contributed by atoms with E-state index in [1.54, 1.807) is 11.3 Å². The van der Waals surface area contributed by atoms with Crippen molar-refractivity contribution in [3.8, 4) is 0 Å². The fourth-order valence-corrected chi connectivity index (χ4v) is 2.22. The molecule has 2 rings (SSSR count). The van der Waals surface area contributed by atoms with E-state index in [-0.39, 0.29) is 6.04 Å². The topological polar surface area (TPSA) is 42.7 Å². The second-order valence-corrected chi connectivity index (χ2v) is 4.38. The summed E-state index contributed by atoms with van der Waals surface area (Å²) in [4.78, 5) is 9.70. The molecule has 15 heavy (non-hydrogen) atoms. The van der Waals surface area contributed by atoms with Gasteiger partial charge in [0.2, 0.25) is 0 Å². The van der Waals surface area contributed by atoms with E-state index in [9.17, 15) is 0 Å². The minimum absolute atomic E-state index is 0.255. The van der Waals surface area contributed by atoms with Crippen molar-refractivity contribution in [2.24, 2.45) is 7.05 Å². The molecule has 0 saturated carbocycles. The van der Waals surface area contributed by atoms with E-state index >= 15 is 0 Å². The second-order valence-electron chi connectivity index (χ2n) is 3.41. The number of hydrogen-bond donors (Lipinski definition) is 1. The van der Waals surface area contributed by atoms with Crippen molar-refractivity contribution in [2.75, 3.05) is 7.05 Å². The zero-order valence-electron chi connectivity index (χ0n) is 8.84. The quantitative estimate of drug-likeness (QED) is 0.850. The highest BCUT2D eigenvalue weighted by molar-refractivity contribution is 7.09. The molecule has 1 unspecified atom stereocenters. The van der Waals surface area contributed by atoms with Crippen LogP contribution in [-0.4, -0.2) is 21.6 Å². The average molecular weight is 222 g/mol. The highest BCUT2D eigenvalue weighted by Gasteiger charge is 2.14. The van der Waals surface area contributed by atoms with E-state index in [2.05, 4.69) is 15.3 Å². The molecule has 2 heterocycles. The van der Waals surface area contributed by atoms with Gasteiger partial charge in [0, 0.05) is 36.9 Å². The molecular weight excluding hydrogens is 208 g/mol. The molecule has 5 heteroatoms. The van der Waals surface area contributed by atoms with Crippen LogP contribution in [0.2, 0.25) is 0 Å². The van der Waals surface area contributed by atoms with Crippen LogP contribution in [0.3, 0.4) is 0 Å². The number of rotatable bonds is 4. The van der Waals surface area contributed by atoms with Gasteiger partial charge in [-0.3, -0.25) is 4.98 Å². The maximum absolute atomic E-state index is 4.35. The van der Waals surface area contributed by atoms with Gasteiger partial charge >= 0.3 is 0 Å².